The number of halogens is 2. The number of rotatable bonds is 1. The molecule has 1 aliphatic heterocycles. The topological polar surface area (TPSA) is 46.3 Å². The quantitative estimate of drug-likeness (QED) is 0.866. The Bertz CT molecular complexity index is 516. The number of carbonyl (C=O) groups is 1. The number of carbonyl (C=O) groups excluding carboxylic acids is 1. The molecule has 0 radical (unpaired) electrons. The molecular formula is C15H18ClFN2O. The fourth-order valence-corrected chi connectivity index (χ4v) is 3.74. The molecule has 3 atom stereocenters. The minimum Gasteiger partial charge on any atom is -0.338 e. The second-order valence-corrected chi connectivity index (χ2v) is 6.31. The van der Waals surface area contributed by atoms with E-state index in [-0.39, 0.29) is 22.5 Å². The zero-order valence-electron chi connectivity index (χ0n) is 11.2. The zero-order chi connectivity index (χ0) is 14.3. The van der Waals surface area contributed by atoms with Crippen LogP contribution in [0.1, 0.15) is 29.6 Å². The van der Waals surface area contributed by atoms with Crippen molar-refractivity contribution >= 4 is 17.5 Å². The predicted molar refractivity (Wildman–Crippen MR) is 76.1 cm³/mol. The van der Waals surface area contributed by atoms with Crippen molar-refractivity contribution in [1.82, 2.24) is 4.90 Å². The minimum atomic E-state index is -0.547. The van der Waals surface area contributed by atoms with Gasteiger partial charge in [0.15, 0.2) is 0 Å². The number of hydrogen-bond donors (Lipinski definition) is 1. The summed E-state index contributed by atoms with van der Waals surface area (Å²) in [6.45, 7) is 1.36. The Hall–Kier alpha value is -1.13. The Kier molecular flexibility index (Phi) is 3.69. The highest BCUT2D eigenvalue weighted by Gasteiger charge is 2.39. The van der Waals surface area contributed by atoms with Crippen molar-refractivity contribution in [2.45, 2.75) is 25.3 Å². The third-order valence-electron chi connectivity index (χ3n) is 4.55. The van der Waals surface area contributed by atoms with Gasteiger partial charge in [0, 0.05) is 19.1 Å². The van der Waals surface area contributed by atoms with Crippen molar-refractivity contribution in [1.29, 1.82) is 0 Å². The summed E-state index contributed by atoms with van der Waals surface area (Å²) in [5.41, 5.74) is 5.98. The molecule has 0 spiro atoms. The molecule has 1 unspecified atom stereocenters. The van der Waals surface area contributed by atoms with Crippen LogP contribution in [-0.4, -0.2) is 29.9 Å². The van der Waals surface area contributed by atoms with Crippen LogP contribution in [0.3, 0.4) is 0 Å². The van der Waals surface area contributed by atoms with Gasteiger partial charge in [-0.25, -0.2) is 4.39 Å². The normalized spacial score (nSPS) is 29.4. The first-order valence-corrected chi connectivity index (χ1v) is 7.43. The van der Waals surface area contributed by atoms with Crippen LogP contribution >= 0.6 is 11.6 Å². The van der Waals surface area contributed by atoms with E-state index < -0.39 is 5.82 Å². The third kappa shape index (κ3) is 2.42. The summed E-state index contributed by atoms with van der Waals surface area (Å²) in [7, 11) is 0. The van der Waals surface area contributed by atoms with Gasteiger partial charge in [-0.3, -0.25) is 4.79 Å². The first-order chi connectivity index (χ1) is 9.56. The summed E-state index contributed by atoms with van der Waals surface area (Å²) in [6.07, 6.45) is 3.03. The summed E-state index contributed by atoms with van der Waals surface area (Å²) in [5, 5.41) is 0.182. The van der Waals surface area contributed by atoms with E-state index in [0.717, 1.165) is 19.3 Å². The standard InChI is InChI=1S/C15H18ClFN2O/c16-12-2-1-3-13(17)14(12)15(20)19-7-9-4-5-11(18)6-10(9)8-19/h1-3,9-11H,4-8,18H2/t9-,10+,11?/m1/s1. The number of benzene rings is 1. The molecular weight excluding hydrogens is 279 g/mol. The van der Waals surface area contributed by atoms with Crippen LogP contribution in [-0.2, 0) is 0 Å². The summed E-state index contributed by atoms with van der Waals surface area (Å²) in [4.78, 5) is 14.2. The summed E-state index contributed by atoms with van der Waals surface area (Å²) in [6, 6.07) is 4.58. The van der Waals surface area contributed by atoms with E-state index in [4.69, 9.17) is 17.3 Å². The van der Waals surface area contributed by atoms with Gasteiger partial charge < -0.3 is 10.6 Å². The van der Waals surface area contributed by atoms with E-state index in [2.05, 4.69) is 0 Å². The maximum Gasteiger partial charge on any atom is 0.258 e. The molecule has 2 N–H and O–H groups in total. The van der Waals surface area contributed by atoms with Gasteiger partial charge in [0.05, 0.1) is 10.6 Å². The van der Waals surface area contributed by atoms with Crippen molar-refractivity contribution in [2.75, 3.05) is 13.1 Å². The molecule has 2 fully saturated rings. The lowest BCUT2D eigenvalue weighted by atomic mass is 9.79. The highest BCUT2D eigenvalue weighted by Crippen LogP contribution is 2.36. The van der Waals surface area contributed by atoms with Gasteiger partial charge in [0.1, 0.15) is 5.82 Å². The number of fused-ring (bicyclic) bond motifs is 1. The molecule has 3 nitrogen and oxygen atoms in total. The van der Waals surface area contributed by atoms with Crippen molar-refractivity contribution in [2.24, 2.45) is 17.6 Å². The molecule has 2 aliphatic rings. The smallest absolute Gasteiger partial charge is 0.258 e. The van der Waals surface area contributed by atoms with Gasteiger partial charge in [0.25, 0.3) is 5.91 Å². The Morgan fingerprint density at radius 2 is 2.05 bits per heavy atom. The molecule has 1 aromatic carbocycles. The van der Waals surface area contributed by atoms with Crippen LogP contribution < -0.4 is 5.73 Å². The third-order valence-corrected chi connectivity index (χ3v) is 4.87. The molecule has 20 heavy (non-hydrogen) atoms. The number of nitrogens with two attached hydrogens (primary N) is 1. The van der Waals surface area contributed by atoms with Gasteiger partial charge in [0.2, 0.25) is 0 Å². The van der Waals surface area contributed by atoms with Gasteiger partial charge in [-0.15, -0.1) is 0 Å². The lowest BCUT2D eigenvalue weighted by molar-refractivity contribution is 0.0779. The molecule has 3 rings (SSSR count). The van der Waals surface area contributed by atoms with Crippen LogP contribution in [0.15, 0.2) is 18.2 Å². The second-order valence-electron chi connectivity index (χ2n) is 5.90. The Morgan fingerprint density at radius 1 is 1.30 bits per heavy atom. The van der Waals surface area contributed by atoms with Crippen molar-refractivity contribution in [3.05, 3.63) is 34.6 Å². The van der Waals surface area contributed by atoms with Crippen molar-refractivity contribution < 1.29 is 9.18 Å². The Morgan fingerprint density at radius 3 is 2.80 bits per heavy atom. The molecule has 108 valence electrons. The summed E-state index contributed by atoms with van der Waals surface area (Å²) < 4.78 is 13.8. The van der Waals surface area contributed by atoms with Gasteiger partial charge >= 0.3 is 0 Å². The molecule has 5 heteroatoms. The van der Waals surface area contributed by atoms with Gasteiger partial charge in [-0.05, 0) is 43.2 Å². The fraction of sp³-hybridized carbons (Fsp3) is 0.533. The first kappa shape index (κ1) is 13.8. The van der Waals surface area contributed by atoms with Gasteiger partial charge in [-0.2, -0.15) is 0 Å². The molecule has 1 saturated carbocycles. The van der Waals surface area contributed by atoms with Crippen LogP contribution in [0, 0.1) is 17.7 Å². The van der Waals surface area contributed by atoms with Crippen LogP contribution in [0.25, 0.3) is 0 Å². The van der Waals surface area contributed by atoms with Crippen LogP contribution in [0.2, 0.25) is 5.02 Å². The second kappa shape index (κ2) is 5.34. The summed E-state index contributed by atoms with van der Waals surface area (Å²) >= 11 is 5.97. The molecule has 1 saturated heterocycles. The van der Waals surface area contributed by atoms with E-state index in [9.17, 15) is 9.18 Å². The number of nitrogens with zero attached hydrogens (tertiary/aromatic N) is 1. The first-order valence-electron chi connectivity index (χ1n) is 7.05. The fourth-order valence-electron chi connectivity index (χ4n) is 3.49. The number of amides is 1. The van der Waals surface area contributed by atoms with E-state index in [1.165, 1.54) is 12.1 Å². The average molecular weight is 297 g/mol. The lowest BCUT2D eigenvalue weighted by Crippen LogP contribution is -2.32. The molecule has 1 aliphatic carbocycles. The highest BCUT2D eigenvalue weighted by atomic mass is 35.5. The molecule has 1 amide bonds. The molecule has 1 aromatic rings. The minimum absolute atomic E-state index is 0.00267. The predicted octanol–water partition coefficient (Wildman–Crippen LogP) is 2.68. The van der Waals surface area contributed by atoms with Crippen molar-refractivity contribution in [3.8, 4) is 0 Å². The lowest BCUT2D eigenvalue weighted by Gasteiger charge is -2.27. The Labute approximate surface area is 122 Å². The average Bonchev–Trinajstić information content (AvgIpc) is 2.81. The van der Waals surface area contributed by atoms with Crippen LogP contribution in [0.5, 0.6) is 0 Å². The monoisotopic (exact) mass is 296 g/mol. The van der Waals surface area contributed by atoms with Crippen molar-refractivity contribution in [3.63, 3.8) is 0 Å². The number of hydrogen-bond acceptors (Lipinski definition) is 2. The van der Waals surface area contributed by atoms with Crippen LogP contribution in [0.4, 0.5) is 4.39 Å². The maximum atomic E-state index is 13.8. The summed E-state index contributed by atoms with van der Waals surface area (Å²) in [5.74, 6) is 0.114. The SMILES string of the molecule is NC1CC[C@@H]2CN(C(=O)c3c(F)cccc3Cl)C[C@@H]2C1. The van der Waals surface area contributed by atoms with Gasteiger partial charge in [-0.1, -0.05) is 17.7 Å². The highest BCUT2D eigenvalue weighted by molar-refractivity contribution is 6.33. The van der Waals surface area contributed by atoms with E-state index in [1.807, 2.05) is 0 Å². The molecule has 1 heterocycles. The molecule has 0 aromatic heterocycles. The van der Waals surface area contributed by atoms with E-state index in [1.54, 1.807) is 11.0 Å². The van der Waals surface area contributed by atoms with E-state index >= 15 is 0 Å². The Balaban J connectivity index is 1.79. The number of likely N-dealkylation sites (tertiary alicyclic amines) is 1. The molecule has 0 bridgehead atoms. The maximum absolute atomic E-state index is 13.8. The van der Waals surface area contributed by atoms with E-state index in [0.29, 0.717) is 24.9 Å². The largest absolute Gasteiger partial charge is 0.338 e. The zero-order valence-corrected chi connectivity index (χ0v) is 11.9.